The molecule has 0 saturated carbocycles. The summed E-state index contributed by atoms with van der Waals surface area (Å²) in [5.41, 5.74) is 8.28. The van der Waals surface area contributed by atoms with Gasteiger partial charge in [0, 0.05) is 6.54 Å². The van der Waals surface area contributed by atoms with Crippen molar-refractivity contribution in [2.45, 2.75) is 39.2 Å². The summed E-state index contributed by atoms with van der Waals surface area (Å²) in [7, 11) is 0. The van der Waals surface area contributed by atoms with Gasteiger partial charge in [0.25, 0.3) is 0 Å². The van der Waals surface area contributed by atoms with Gasteiger partial charge in [-0.2, -0.15) is 0 Å². The molecule has 1 aromatic carbocycles. The summed E-state index contributed by atoms with van der Waals surface area (Å²) in [6.45, 7) is 5.13. The van der Waals surface area contributed by atoms with Crippen molar-refractivity contribution in [3.05, 3.63) is 35.4 Å². The maximum Gasteiger partial charge on any atom is 0.0178 e. The van der Waals surface area contributed by atoms with Crippen molar-refractivity contribution in [1.82, 2.24) is 0 Å². The van der Waals surface area contributed by atoms with Gasteiger partial charge in [0.05, 0.1) is 0 Å². The Labute approximate surface area is 81.0 Å². The Kier molecular flexibility index (Phi) is 3.97. The van der Waals surface area contributed by atoms with Gasteiger partial charge in [-0.05, 0) is 29.9 Å². The Bertz CT molecular complexity index is 251. The quantitative estimate of drug-likeness (QED) is 0.751. The Hall–Kier alpha value is -0.820. The average Bonchev–Trinajstić information content (AvgIpc) is 2.20. The zero-order valence-corrected chi connectivity index (χ0v) is 8.59. The van der Waals surface area contributed by atoms with E-state index in [-0.39, 0.29) is 0 Å². The van der Waals surface area contributed by atoms with Gasteiger partial charge in [-0.15, -0.1) is 0 Å². The van der Waals surface area contributed by atoms with E-state index >= 15 is 0 Å². The minimum absolute atomic E-state index is 0.647. The number of benzene rings is 1. The first-order valence-electron chi connectivity index (χ1n) is 5.10. The first-order chi connectivity index (χ1) is 6.31. The number of hydrogen-bond acceptors (Lipinski definition) is 1. The van der Waals surface area contributed by atoms with Crippen molar-refractivity contribution in [3.8, 4) is 0 Å². The summed E-state index contributed by atoms with van der Waals surface area (Å²) in [5.74, 6) is 0.700. The van der Waals surface area contributed by atoms with Crippen LogP contribution in [-0.2, 0) is 6.54 Å². The molecule has 13 heavy (non-hydrogen) atoms. The fourth-order valence-electron chi connectivity index (χ4n) is 1.73. The monoisotopic (exact) mass is 177 g/mol. The summed E-state index contributed by atoms with van der Waals surface area (Å²) in [5, 5.41) is 0. The van der Waals surface area contributed by atoms with E-state index in [1.807, 2.05) is 0 Å². The smallest absolute Gasteiger partial charge is 0.0178 e. The topological polar surface area (TPSA) is 26.0 Å². The van der Waals surface area contributed by atoms with Gasteiger partial charge >= 0.3 is 0 Å². The maximum absolute atomic E-state index is 5.60. The molecule has 0 bridgehead atoms. The lowest BCUT2D eigenvalue weighted by Gasteiger charge is -2.13. The second-order valence-electron chi connectivity index (χ2n) is 3.46. The molecule has 0 aliphatic carbocycles. The summed E-state index contributed by atoms with van der Waals surface area (Å²) in [4.78, 5) is 0. The lowest BCUT2D eigenvalue weighted by molar-refractivity contribution is 0.641. The largest absolute Gasteiger partial charge is 0.326 e. The van der Waals surface area contributed by atoms with Crippen LogP contribution in [0.4, 0.5) is 0 Å². The molecule has 0 heterocycles. The van der Waals surface area contributed by atoms with E-state index in [1.165, 1.54) is 24.0 Å². The van der Waals surface area contributed by atoms with Crippen LogP contribution < -0.4 is 5.73 Å². The van der Waals surface area contributed by atoms with Crippen LogP contribution in [0.15, 0.2) is 24.3 Å². The lowest BCUT2D eigenvalue weighted by atomic mass is 9.93. The highest BCUT2D eigenvalue weighted by Gasteiger charge is 2.06. The van der Waals surface area contributed by atoms with Gasteiger partial charge in [-0.1, -0.05) is 38.1 Å². The molecule has 72 valence electrons. The standard InChI is InChI=1S/C12H19N/c1-3-11(4-2)12-7-5-6-10(8-12)9-13/h5-8,11H,3-4,9,13H2,1-2H3. The maximum atomic E-state index is 5.60. The van der Waals surface area contributed by atoms with Crippen molar-refractivity contribution in [3.63, 3.8) is 0 Å². The van der Waals surface area contributed by atoms with Crippen molar-refractivity contribution in [2.24, 2.45) is 5.73 Å². The molecule has 0 aromatic heterocycles. The molecule has 0 unspecified atom stereocenters. The first kappa shape index (κ1) is 10.3. The van der Waals surface area contributed by atoms with E-state index < -0.39 is 0 Å². The summed E-state index contributed by atoms with van der Waals surface area (Å²) in [6, 6.07) is 8.64. The summed E-state index contributed by atoms with van der Waals surface area (Å²) in [6.07, 6.45) is 2.43. The van der Waals surface area contributed by atoms with Crippen LogP contribution in [0.3, 0.4) is 0 Å². The SMILES string of the molecule is CCC(CC)c1cccc(CN)c1. The summed E-state index contributed by atoms with van der Waals surface area (Å²) < 4.78 is 0. The zero-order chi connectivity index (χ0) is 9.68. The van der Waals surface area contributed by atoms with Crippen LogP contribution in [0.25, 0.3) is 0 Å². The van der Waals surface area contributed by atoms with E-state index in [0.29, 0.717) is 12.5 Å². The molecule has 0 radical (unpaired) electrons. The molecule has 0 saturated heterocycles. The fourth-order valence-corrected chi connectivity index (χ4v) is 1.73. The highest BCUT2D eigenvalue weighted by Crippen LogP contribution is 2.23. The zero-order valence-electron chi connectivity index (χ0n) is 8.59. The Morgan fingerprint density at radius 2 is 1.92 bits per heavy atom. The van der Waals surface area contributed by atoms with Gasteiger partial charge in [0.2, 0.25) is 0 Å². The predicted octanol–water partition coefficient (Wildman–Crippen LogP) is 3.05. The van der Waals surface area contributed by atoms with E-state index in [2.05, 4.69) is 38.1 Å². The van der Waals surface area contributed by atoms with Crippen molar-refractivity contribution in [2.75, 3.05) is 0 Å². The second kappa shape index (κ2) is 5.03. The molecule has 0 aliphatic rings. The molecule has 1 heteroatoms. The third-order valence-electron chi connectivity index (χ3n) is 2.64. The third-order valence-corrected chi connectivity index (χ3v) is 2.64. The second-order valence-corrected chi connectivity index (χ2v) is 3.46. The molecule has 0 amide bonds. The fraction of sp³-hybridized carbons (Fsp3) is 0.500. The Balaban J connectivity index is 2.86. The van der Waals surface area contributed by atoms with Crippen LogP contribution in [-0.4, -0.2) is 0 Å². The Morgan fingerprint density at radius 1 is 1.23 bits per heavy atom. The molecular formula is C12H19N. The van der Waals surface area contributed by atoms with E-state index in [4.69, 9.17) is 5.73 Å². The van der Waals surface area contributed by atoms with Crippen LogP contribution >= 0.6 is 0 Å². The molecule has 1 rings (SSSR count). The molecule has 1 nitrogen and oxygen atoms in total. The van der Waals surface area contributed by atoms with Crippen LogP contribution in [0.1, 0.15) is 43.7 Å². The summed E-state index contributed by atoms with van der Waals surface area (Å²) >= 11 is 0. The van der Waals surface area contributed by atoms with Gasteiger partial charge in [-0.3, -0.25) is 0 Å². The normalized spacial score (nSPS) is 10.8. The van der Waals surface area contributed by atoms with Gasteiger partial charge in [0.15, 0.2) is 0 Å². The number of hydrogen-bond donors (Lipinski definition) is 1. The minimum atomic E-state index is 0.647. The Morgan fingerprint density at radius 3 is 2.46 bits per heavy atom. The van der Waals surface area contributed by atoms with Gasteiger partial charge in [-0.25, -0.2) is 0 Å². The van der Waals surface area contributed by atoms with Crippen molar-refractivity contribution >= 4 is 0 Å². The number of rotatable bonds is 4. The van der Waals surface area contributed by atoms with Crippen LogP contribution in [0.5, 0.6) is 0 Å². The lowest BCUT2D eigenvalue weighted by Crippen LogP contribution is -2.00. The minimum Gasteiger partial charge on any atom is -0.326 e. The molecule has 2 N–H and O–H groups in total. The predicted molar refractivity (Wildman–Crippen MR) is 57.7 cm³/mol. The molecule has 1 aromatic rings. The van der Waals surface area contributed by atoms with Gasteiger partial charge < -0.3 is 5.73 Å². The van der Waals surface area contributed by atoms with Crippen LogP contribution in [0.2, 0.25) is 0 Å². The van der Waals surface area contributed by atoms with Gasteiger partial charge in [0.1, 0.15) is 0 Å². The highest BCUT2D eigenvalue weighted by molar-refractivity contribution is 5.26. The van der Waals surface area contributed by atoms with Crippen LogP contribution in [0, 0.1) is 0 Å². The molecule has 0 aliphatic heterocycles. The van der Waals surface area contributed by atoms with E-state index in [0.717, 1.165) is 0 Å². The average molecular weight is 177 g/mol. The molecule has 0 spiro atoms. The molecule has 0 fully saturated rings. The molecule has 0 atom stereocenters. The first-order valence-corrected chi connectivity index (χ1v) is 5.10. The number of nitrogens with two attached hydrogens (primary N) is 1. The van der Waals surface area contributed by atoms with E-state index in [1.54, 1.807) is 0 Å². The van der Waals surface area contributed by atoms with E-state index in [9.17, 15) is 0 Å². The highest BCUT2D eigenvalue weighted by atomic mass is 14.5. The van der Waals surface area contributed by atoms with Crippen molar-refractivity contribution < 1.29 is 0 Å². The molecular weight excluding hydrogens is 158 g/mol. The van der Waals surface area contributed by atoms with Crippen molar-refractivity contribution in [1.29, 1.82) is 0 Å². The third kappa shape index (κ3) is 2.56.